The molecule has 2 rings (SSSR count). The summed E-state index contributed by atoms with van der Waals surface area (Å²) in [5.41, 5.74) is 0.727. The minimum absolute atomic E-state index is 0.113. The molecule has 2 aromatic rings. The molecule has 3 nitrogen and oxygen atoms in total. The van der Waals surface area contributed by atoms with E-state index in [-0.39, 0.29) is 17.9 Å². The van der Waals surface area contributed by atoms with Gasteiger partial charge in [-0.2, -0.15) is 0 Å². The molecule has 0 saturated heterocycles. The standard InChI is InChI=1S/C11H9F2NO2/c1-6-9(5-15)11(14-16-6)8-3-2-7(12)4-10(8)13/h2-4,15H,5H2,1H3. The second-order valence-corrected chi connectivity index (χ2v) is 3.35. The molecule has 84 valence electrons. The lowest BCUT2D eigenvalue weighted by atomic mass is 10.1. The van der Waals surface area contributed by atoms with Gasteiger partial charge in [0.05, 0.1) is 6.61 Å². The zero-order valence-corrected chi connectivity index (χ0v) is 8.50. The summed E-state index contributed by atoms with van der Waals surface area (Å²) < 4.78 is 31.0. The number of hydrogen-bond donors (Lipinski definition) is 1. The van der Waals surface area contributed by atoms with Gasteiger partial charge in [0.2, 0.25) is 0 Å². The van der Waals surface area contributed by atoms with Crippen molar-refractivity contribution < 1.29 is 18.4 Å². The zero-order valence-electron chi connectivity index (χ0n) is 8.50. The van der Waals surface area contributed by atoms with Crippen molar-refractivity contribution in [3.05, 3.63) is 41.2 Å². The second kappa shape index (κ2) is 4.02. The maximum atomic E-state index is 13.5. The Balaban J connectivity index is 2.58. The Bertz CT molecular complexity index is 523. The van der Waals surface area contributed by atoms with Crippen LogP contribution in [-0.4, -0.2) is 10.3 Å². The van der Waals surface area contributed by atoms with Crippen LogP contribution in [0, 0.1) is 18.6 Å². The predicted octanol–water partition coefficient (Wildman–Crippen LogP) is 2.42. The molecule has 0 saturated carbocycles. The van der Waals surface area contributed by atoms with E-state index < -0.39 is 11.6 Å². The molecule has 0 atom stereocenters. The molecule has 1 heterocycles. The van der Waals surface area contributed by atoms with E-state index in [1.807, 2.05) is 0 Å². The fourth-order valence-corrected chi connectivity index (χ4v) is 1.47. The van der Waals surface area contributed by atoms with E-state index in [1.54, 1.807) is 6.92 Å². The molecule has 0 radical (unpaired) electrons. The normalized spacial score (nSPS) is 10.8. The molecule has 0 aliphatic rings. The van der Waals surface area contributed by atoms with Crippen LogP contribution in [0.5, 0.6) is 0 Å². The molecule has 0 bridgehead atoms. The number of aliphatic hydroxyl groups excluding tert-OH is 1. The number of aliphatic hydroxyl groups is 1. The molecule has 0 amide bonds. The molecular weight excluding hydrogens is 216 g/mol. The fourth-order valence-electron chi connectivity index (χ4n) is 1.47. The van der Waals surface area contributed by atoms with Crippen molar-refractivity contribution in [3.8, 4) is 11.3 Å². The molecule has 0 aliphatic heterocycles. The van der Waals surface area contributed by atoms with Crippen LogP contribution in [-0.2, 0) is 6.61 Å². The average Bonchev–Trinajstić information content (AvgIpc) is 2.59. The molecule has 16 heavy (non-hydrogen) atoms. The first-order valence-electron chi connectivity index (χ1n) is 4.65. The van der Waals surface area contributed by atoms with Crippen LogP contribution in [0.25, 0.3) is 11.3 Å². The summed E-state index contributed by atoms with van der Waals surface area (Å²) in [4.78, 5) is 0. The van der Waals surface area contributed by atoms with Crippen LogP contribution in [0.2, 0.25) is 0 Å². The van der Waals surface area contributed by atoms with Crippen molar-refractivity contribution in [2.45, 2.75) is 13.5 Å². The van der Waals surface area contributed by atoms with Crippen molar-refractivity contribution in [1.82, 2.24) is 5.16 Å². The molecule has 1 aromatic carbocycles. The number of aromatic nitrogens is 1. The first-order chi connectivity index (χ1) is 7.63. The number of halogens is 2. The lowest BCUT2D eigenvalue weighted by Crippen LogP contribution is -1.92. The molecule has 0 fully saturated rings. The summed E-state index contributed by atoms with van der Waals surface area (Å²) in [5.74, 6) is -0.976. The van der Waals surface area contributed by atoms with Gasteiger partial charge in [0.25, 0.3) is 0 Å². The lowest BCUT2D eigenvalue weighted by molar-refractivity contribution is 0.278. The maximum Gasteiger partial charge on any atom is 0.139 e. The van der Waals surface area contributed by atoms with E-state index in [2.05, 4.69) is 5.16 Å². The highest BCUT2D eigenvalue weighted by Crippen LogP contribution is 2.27. The van der Waals surface area contributed by atoms with Gasteiger partial charge >= 0.3 is 0 Å². The highest BCUT2D eigenvalue weighted by Gasteiger charge is 2.17. The van der Waals surface area contributed by atoms with E-state index in [1.165, 1.54) is 6.07 Å². The monoisotopic (exact) mass is 225 g/mol. The van der Waals surface area contributed by atoms with E-state index in [0.29, 0.717) is 11.3 Å². The highest BCUT2D eigenvalue weighted by atomic mass is 19.1. The predicted molar refractivity (Wildman–Crippen MR) is 52.5 cm³/mol. The van der Waals surface area contributed by atoms with Gasteiger partial charge in [0.15, 0.2) is 0 Å². The van der Waals surface area contributed by atoms with Crippen LogP contribution in [0.1, 0.15) is 11.3 Å². The van der Waals surface area contributed by atoms with Crippen LogP contribution < -0.4 is 0 Å². The number of benzene rings is 1. The summed E-state index contributed by atoms with van der Waals surface area (Å²) in [6, 6.07) is 3.16. The molecule has 0 unspecified atom stereocenters. The third-order valence-electron chi connectivity index (χ3n) is 2.33. The Morgan fingerprint density at radius 3 is 2.75 bits per heavy atom. The fraction of sp³-hybridized carbons (Fsp3) is 0.182. The zero-order chi connectivity index (χ0) is 11.7. The van der Waals surface area contributed by atoms with Gasteiger partial charge in [-0.05, 0) is 19.1 Å². The van der Waals surface area contributed by atoms with Crippen LogP contribution >= 0.6 is 0 Å². The van der Waals surface area contributed by atoms with Gasteiger partial charge in [-0.25, -0.2) is 8.78 Å². The summed E-state index contributed by atoms with van der Waals surface area (Å²) in [7, 11) is 0. The van der Waals surface area contributed by atoms with Gasteiger partial charge in [-0.3, -0.25) is 0 Å². The minimum atomic E-state index is -0.733. The van der Waals surface area contributed by atoms with Gasteiger partial charge in [0, 0.05) is 17.2 Å². The first-order valence-corrected chi connectivity index (χ1v) is 4.65. The second-order valence-electron chi connectivity index (χ2n) is 3.35. The van der Waals surface area contributed by atoms with Crippen molar-refractivity contribution in [2.24, 2.45) is 0 Å². The van der Waals surface area contributed by atoms with E-state index >= 15 is 0 Å². The summed E-state index contributed by atoms with van der Waals surface area (Å²) in [6.07, 6.45) is 0. The number of hydrogen-bond acceptors (Lipinski definition) is 3. The maximum absolute atomic E-state index is 13.5. The molecule has 5 heteroatoms. The van der Waals surface area contributed by atoms with Gasteiger partial charge < -0.3 is 9.63 Å². The Labute approximate surface area is 90.3 Å². The summed E-state index contributed by atoms with van der Waals surface area (Å²) >= 11 is 0. The van der Waals surface area contributed by atoms with Crippen LogP contribution in [0.3, 0.4) is 0 Å². The Kier molecular flexibility index (Phi) is 2.70. The van der Waals surface area contributed by atoms with Gasteiger partial charge in [-0.1, -0.05) is 5.16 Å². The Hall–Kier alpha value is -1.75. The minimum Gasteiger partial charge on any atom is -0.391 e. The van der Waals surface area contributed by atoms with E-state index in [9.17, 15) is 8.78 Å². The number of nitrogens with zero attached hydrogens (tertiary/aromatic N) is 1. The summed E-state index contributed by atoms with van der Waals surface area (Å²) in [5, 5.41) is 12.7. The van der Waals surface area contributed by atoms with E-state index in [4.69, 9.17) is 9.63 Å². The topological polar surface area (TPSA) is 46.3 Å². The summed E-state index contributed by atoms with van der Waals surface area (Å²) in [6.45, 7) is 1.31. The Morgan fingerprint density at radius 2 is 2.12 bits per heavy atom. The van der Waals surface area contributed by atoms with Crippen LogP contribution in [0.15, 0.2) is 22.7 Å². The third-order valence-corrected chi connectivity index (χ3v) is 2.33. The highest BCUT2D eigenvalue weighted by molar-refractivity contribution is 5.63. The first kappa shape index (κ1) is 10.8. The molecular formula is C11H9F2NO2. The number of aryl methyl sites for hydroxylation is 1. The molecule has 0 spiro atoms. The molecule has 1 aromatic heterocycles. The lowest BCUT2D eigenvalue weighted by Gasteiger charge is -2.01. The number of rotatable bonds is 2. The van der Waals surface area contributed by atoms with Crippen LogP contribution in [0.4, 0.5) is 8.78 Å². The van der Waals surface area contributed by atoms with Crippen molar-refractivity contribution in [3.63, 3.8) is 0 Å². The van der Waals surface area contributed by atoms with E-state index in [0.717, 1.165) is 12.1 Å². The average molecular weight is 225 g/mol. The third kappa shape index (κ3) is 1.69. The SMILES string of the molecule is Cc1onc(-c2ccc(F)cc2F)c1CO. The van der Waals surface area contributed by atoms with Gasteiger partial charge in [0.1, 0.15) is 23.1 Å². The molecule has 0 aliphatic carbocycles. The molecule has 1 N–H and O–H groups in total. The van der Waals surface area contributed by atoms with Gasteiger partial charge in [-0.15, -0.1) is 0 Å². The quantitative estimate of drug-likeness (QED) is 0.853. The Morgan fingerprint density at radius 1 is 1.38 bits per heavy atom. The largest absolute Gasteiger partial charge is 0.391 e. The smallest absolute Gasteiger partial charge is 0.139 e. The van der Waals surface area contributed by atoms with Crippen molar-refractivity contribution in [1.29, 1.82) is 0 Å². The van der Waals surface area contributed by atoms with Crippen molar-refractivity contribution >= 4 is 0 Å². The van der Waals surface area contributed by atoms with Crippen molar-refractivity contribution in [2.75, 3.05) is 0 Å².